The van der Waals surface area contributed by atoms with Crippen LogP contribution in [0.1, 0.15) is 10.6 Å². The highest BCUT2D eigenvalue weighted by Crippen LogP contribution is 2.22. The number of anilines is 1. The van der Waals surface area contributed by atoms with E-state index in [1.54, 1.807) is 0 Å². The number of amides is 1. The second-order valence-corrected chi connectivity index (χ2v) is 8.83. The molecule has 0 radical (unpaired) electrons. The molecule has 1 saturated heterocycles. The maximum atomic E-state index is 12.4. The summed E-state index contributed by atoms with van der Waals surface area (Å²) < 4.78 is 38.4. The molecule has 1 amide bonds. The predicted octanol–water partition coefficient (Wildman–Crippen LogP) is 1.73. The standard InChI is InChI=1S/C20H24N4O5S/c1-21-30(26,27)19-5-4-18(29-19)20(25)22-16-2-3-17-15(14-16)6-7-24(17)9-8-23-10-12-28-13-11-23/h2-7,14,21H,8-13H2,1H3,(H,22,25). The first kappa shape index (κ1) is 20.6. The molecule has 1 fully saturated rings. The van der Waals surface area contributed by atoms with Crippen molar-refractivity contribution in [2.45, 2.75) is 11.6 Å². The highest BCUT2D eigenvalue weighted by atomic mass is 32.2. The number of benzene rings is 1. The second-order valence-electron chi connectivity index (χ2n) is 7.02. The van der Waals surface area contributed by atoms with Crippen LogP contribution in [0.25, 0.3) is 10.9 Å². The summed E-state index contributed by atoms with van der Waals surface area (Å²) in [7, 11) is -2.46. The monoisotopic (exact) mass is 432 g/mol. The number of hydrogen-bond donors (Lipinski definition) is 2. The number of fused-ring (bicyclic) bond motifs is 1. The Morgan fingerprint density at radius 2 is 1.90 bits per heavy atom. The lowest BCUT2D eigenvalue weighted by Gasteiger charge is -2.26. The maximum Gasteiger partial charge on any atom is 0.291 e. The minimum Gasteiger partial charge on any atom is -0.438 e. The van der Waals surface area contributed by atoms with Gasteiger partial charge in [0, 0.05) is 49.0 Å². The van der Waals surface area contributed by atoms with Gasteiger partial charge in [-0.3, -0.25) is 9.69 Å². The van der Waals surface area contributed by atoms with Gasteiger partial charge in [-0.2, -0.15) is 0 Å². The average Bonchev–Trinajstić information content (AvgIpc) is 3.41. The summed E-state index contributed by atoms with van der Waals surface area (Å²) in [5.41, 5.74) is 1.69. The van der Waals surface area contributed by atoms with E-state index in [-0.39, 0.29) is 10.9 Å². The van der Waals surface area contributed by atoms with Crippen molar-refractivity contribution in [1.82, 2.24) is 14.2 Å². The SMILES string of the molecule is CNS(=O)(=O)c1ccc(C(=O)Nc2ccc3c(ccn3CCN3CCOCC3)c2)o1. The van der Waals surface area contributed by atoms with Crippen LogP contribution in [0.3, 0.4) is 0 Å². The maximum absolute atomic E-state index is 12.4. The number of furan rings is 1. The summed E-state index contributed by atoms with van der Waals surface area (Å²) in [4.78, 5) is 14.8. The van der Waals surface area contributed by atoms with Crippen molar-refractivity contribution < 1.29 is 22.4 Å². The first-order valence-corrected chi connectivity index (χ1v) is 11.2. The Labute approximate surface area is 174 Å². The molecule has 1 aromatic carbocycles. The van der Waals surface area contributed by atoms with E-state index in [1.165, 1.54) is 19.2 Å². The zero-order valence-corrected chi connectivity index (χ0v) is 17.4. The molecule has 2 N–H and O–H groups in total. The number of rotatable bonds is 7. The summed E-state index contributed by atoms with van der Waals surface area (Å²) in [5, 5.41) is 3.45. The quantitative estimate of drug-likeness (QED) is 0.589. The van der Waals surface area contributed by atoms with Crippen molar-refractivity contribution in [1.29, 1.82) is 0 Å². The highest BCUT2D eigenvalue weighted by molar-refractivity contribution is 7.89. The van der Waals surface area contributed by atoms with E-state index in [0.717, 1.165) is 50.3 Å². The van der Waals surface area contributed by atoms with Crippen LogP contribution in [-0.2, 0) is 21.3 Å². The minimum atomic E-state index is -3.73. The number of aromatic nitrogens is 1. The minimum absolute atomic E-state index is 0.0768. The third-order valence-electron chi connectivity index (χ3n) is 5.13. The smallest absolute Gasteiger partial charge is 0.291 e. The summed E-state index contributed by atoms with van der Waals surface area (Å²) >= 11 is 0. The first-order chi connectivity index (χ1) is 14.5. The summed E-state index contributed by atoms with van der Waals surface area (Å²) in [6.07, 6.45) is 2.04. The van der Waals surface area contributed by atoms with Crippen molar-refractivity contribution in [3.8, 4) is 0 Å². The Balaban J connectivity index is 1.43. The molecule has 30 heavy (non-hydrogen) atoms. The van der Waals surface area contributed by atoms with Crippen molar-refractivity contribution in [3.63, 3.8) is 0 Å². The zero-order valence-electron chi connectivity index (χ0n) is 16.6. The van der Waals surface area contributed by atoms with Crippen LogP contribution in [-0.4, -0.2) is 63.7 Å². The highest BCUT2D eigenvalue weighted by Gasteiger charge is 2.20. The number of ether oxygens (including phenoxy) is 1. The number of nitrogens with one attached hydrogen (secondary N) is 2. The van der Waals surface area contributed by atoms with Gasteiger partial charge in [0.05, 0.1) is 13.2 Å². The van der Waals surface area contributed by atoms with Crippen LogP contribution in [0.4, 0.5) is 5.69 Å². The molecule has 10 heteroatoms. The molecule has 1 aliphatic rings. The van der Waals surface area contributed by atoms with Crippen molar-refractivity contribution in [3.05, 3.63) is 48.4 Å². The van der Waals surface area contributed by atoms with E-state index in [1.807, 2.05) is 30.5 Å². The first-order valence-electron chi connectivity index (χ1n) is 9.70. The van der Waals surface area contributed by atoms with Gasteiger partial charge in [-0.05, 0) is 43.4 Å². The average molecular weight is 433 g/mol. The van der Waals surface area contributed by atoms with E-state index in [2.05, 4.69) is 19.5 Å². The Morgan fingerprint density at radius 3 is 2.67 bits per heavy atom. The van der Waals surface area contributed by atoms with Gasteiger partial charge in [-0.25, -0.2) is 13.1 Å². The number of carbonyl (C=O) groups excluding carboxylic acids is 1. The molecule has 2 aromatic heterocycles. The molecule has 1 aliphatic heterocycles. The lowest BCUT2D eigenvalue weighted by molar-refractivity contribution is 0.0365. The van der Waals surface area contributed by atoms with E-state index in [4.69, 9.17) is 9.15 Å². The van der Waals surface area contributed by atoms with Crippen molar-refractivity contribution >= 4 is 32.5 Å². The van der Waals surface area contributed by atoms with Gasteiger partial charge < -0.3 is 19.0 Å². The van der Waals surface area contributed by atoms with Crippen molar-refractivity contribution in [2.24, 2.45) is 0 Å². The largest absolute Gasteiger partial charge is 0.438 e. The summed E-state index contributed by atoms with van der Waals surface area (Å²) in [6, 6.07) is 10.3. The van der Waals surface area contributed by atoms with Gasteiger partial charge in [0.15, 0.2) is 5.76 Å². The van der Waals surface area contributed by atoms with Crippen LogP contribution in [0, 0.1) is 0 Å². The zero-order chi connectivity index (χ0) is 21.1. The molecule has 4 rings (SSSR count). The molecule has 0 unspecified atom stereocenters. The van der Waals surface area contributed by atoms with Crippen LogP contribution in [0.15, 0.2) is 52.1 Å². The molecule has 3 aromatic rings. The Bertz CT molecular complexity index is 1150. The third-order valence-corrected chi connectivity index (χ3v) is 6.42. The van der Waals surface area contributed by atoms with Gasteiger partial charge in [-0.15, -0.1) is 0 Å². The summed E-state index contributed by atoms with van der Waals surface area (Å²) in [6.45, 7) is 5.33. The molecule has 0 saturated carbocycles. The lowest BCUT2D eigenvalue weighted by atomic mass is 10.2. The third kappa shape index (κ3) is 4.41. The molecular weight excluding hydrogens is 408 g/mol. The van der Waals surface area contributed by atoms with Gasteiger partial charge in [0.2, 0.25) is 5.09 Å². The molecule has 9 nitrogen and oxygen atoms in total. The molecule has 0 spiro atoms. The Kier molecular flexibility index (Phi) is 5.91. The van der Waals surface area contributed by atoms with Crippen LogP contribution < -0.4 is 10.0 Å². The lowest BCUT2D eigenvalue weighted by Crippen LogP contribution is -2.38. The number of sulfonamides is 1. The Hall–Kier alpha value is -2.66. The number of nitrogens with zero attached hydrogens (tertiary/aromatic N) is 2. The fourth-order valence-corrected chi connectivity index (χ4v) is 4.07. The summed E-state index contributed by atoms with van der Waals surface area (Å²) in [5.74, 6) is -0.592. The Morgan fingerprint density at radius 1 is 1.10 bits per heavy atom. The number of hydrogen-bond acceptors (Lipinski definition) is 6. The van der Waals surface area contributed by atoms with Crippen LogP contribution in [0.5, 0.6) is 0 Å². The van der Waals surface area contributed by atoms with E-state index in [9.17, 15) is 13.2 Å². The van der Waals surface area contributed by atoms with Gasteiger partial charge in [0.25, 0.3) is 15.9 Å². The molecule has 0 aliphatic carbocycles. The molecule has 3 heterocycles. The topological polar surface area (TPSA) is 106 Å². The van der Waals surface area contributed by atoms with Crippen LogP contribution >= 0.6 is 0 Å². The molecule has 0 bridgehead atoms. The van der Waals surface area contributed by atoms with Gasteiger partial charge in [0.1, 0.15) is 0 Å². The van der Waals surface area contributed by atoms with E-state index < -0.39 is 15.9 Å². The second kappa shape index (κ2) is 8.60. The molecule has 0 atom stereocenters. The van der Waals surface area contributed by atoms with Crippen LogP contribution in [0.2, 0.25) is 0 Å². The van der Waals surface area contributed by atoms with Gasteiger partial charge >= 0.3 is 0 Å². The normalized spacial score (nSPS) is 15.5. The predicted molar refractivity (Wildman–Crippen MR) is 112 cm³/mol. The van der Waals surface area contributed by atoms with Crippen molar-refractivity contribution in [2.75, 3.05) is 45.2 Å². The molecule has 160 valence electrons. The number of morpholine rings is 1. The number of carbonyl (C=O) groups is 1. The molecular formula is C20H24N4O5S. The van der Waals surface area contributed by atoms with Gasteiger partial charge in [-0.1, -0.05) is 0 Å². The fourth-order valence-electron chi connectivity index (χ4n) is 3.43. The van der Waals surface area contributed by atoms with E-state index >= 15 is 0 Å². The fraction of sp³-hybridized carbons (Fsp3) is 0.350. The van der Waals surface area contributed by atoms with E-state index in [0.29, 0.717) is 5.69 Å².